The van der Waals surface area contributed by atoms with Gasteiger partial charge in [-0.2, -0.15) is 0 Å². The van der Waals surface area contributed by atoms with Crippen LogP contribution in [0.15, 0.2) is 28.3 Å². The van der Waals surface area contributed by atoms with Gasteiger partial charge in [-0.25, -0.2) is 4.99 Å². The van der Waals surface area contributed by atoms with Crippen molar-refractivity contribution in [2.75, 3.05) is 13.1 Å². The lowest BCUT2D eigenvalue weighted by molar-refractivity contribution is 0.389. The Morgan fingerprint density at radius 1 is 1.57 bits per heavy atom. The smallest absolute Gasteiger partial charge is 0.165 e. The highest BCUT2D eigenvalue weighted by Gasteiger charge is 2.11. The van der Waals surface area contributed by atoms with Crippen molar-refractivity contribution >= 4 is 6.21 Å². The van der Waals surface area contributed by atoms with Crippen LogP contribution in [0.25, 0.3) is 0 Å². The van der Waals surface area contributed by atoms with Gasteiger partial charge in [0, 0.05) is 37.5 Å². The Labute approximate surface area is 84.4 Å². The minimum atomic E-state index is 0.111. The van der Waals surface area contributed by atoms with Crippen LogP contribution >= 0.6 is 0 Å². The van der Waals surface area contributed by atoms with Gasteiger partial charge in [-0.3, -0.25) is 0 Å². The molecule has 1 heterocycles. The first-order valence-electron chi connectivity index (χ1n) is 4.85. The highest BCUT2D eigenvalue weighted by Crippen LogP contribution is 2.17. The molecule has 0 saturated carbocycles. The lowest BCUT2D eigenvalue weighted by Gasteiger charge is -2.19. The highest BCUT2D eigenvalue weighted by molar-refractivity contribution is 5.67. The van der Waals surface area contributed by atoms with Crippen LogP contribution in [0, 0.1) is 0 Å². The predicted octanol–water partition coefficient (Wildman–Crippen LogP) is 1.37. The quantitative estimate of drug-likeness (QED) is 0.715. The molecule has 0 aromatic carbocycles. The fourth-order valence-corrected chi connectivity index (χ4v) is 1.31. The average Bonchev–Trinajstić information content (AvgIpc) is 2.20. The summed E-state index contributed by atoms with van der Waals surface area (Å²) in [6.45, 7) is 5.98. The number of hydrogen-bond donors (Lipinski definition) is 2. The summed E-state index contributed by atoms with van der Waals surface area (Å²) in [5, 5.41) is 9.62. The van der Waals surface area contributed by atoms with Crippen LogP contribution in [0.4, 0.5) is 0 Å². The van der Waals surface area contributed by atoms with E-state index in [0.717, 1.165) is 18.7 Å². The number of rotatable bonds is 3. The molecule has 0 aromatic rings. The molecular weight excluding hydrogens is 178 g/mol. The third-order valence-electron chi connectivity index (χ3n) is 2.24. The monoisotopic (exact) mass is 195 g/mol. The third-order valence-corrected chi connectivity index (χ3v) is 2.24. The second-order valence-electron chi connectivity index (χ2n) is 3.13. The molecule has 0 unspecified atom stereocenters. The summed E-state index contributed by atoms with van der Waals surface area (Å²) in [6.07, 6.45) is 4.29. The minimum absolute atomic E-state index is 0.111. The van der Waals surface area contributed by atoms with Gasteiger partial charge in [0.25, 0.3) is 0 Å². The summed E-state index contributed by atoms with van der Waals surface area (Å²) < 4.78 is 0. The second-order valence-corrected chi connectivity index (χ2v) is 3.13. The van der Waals surface area contributed by atoms with Crippen LogP contribution in [0.2, 0.25) is 0 Å². The number of nitrogens with zero attached hydrogens (tertiary/aromatic N) is 2. The Kier molecular flexibility index (Phi) is 3.56. The molecule has 14 heavy (non-hydrogen) atoms. The van der Waals surface area contributed by atoms with Crippen molar-refractivity contribution in [3.05, 3.63) is 23.4 Å². The average molecular weight is 195 g/mol. The number of allylic oxidation sites excluding steroid dienone is 1. The Hall–Kier alpha value is -1.45. The largest absolute Gasteiger partial charge is 0.504 e. The molecule has 0 amide bonds. The van der Waals surface area contributed by atoms with Crippen molar-refractivity contribution in [1.29, 1.82) is 0 Å². The van der Waals surface area contributed by atoms with E-state index in [-0.39, 0.29) is 11.6 Å². The molecule has 1 aliphatic rings. The van der Waals surface area contributed by atoms with E-state index < -0.39 is 0 Å². The predicted molar refractivity (Wildman–Crippen MR) is 58.0 cm³/mol. The standard InChI is InChI=1S/C10H17N3O/c1-3-13(4-2)7-8-5-6-12-10(11)9(8)14/h6-7,14H,3-5,11H2,1-2H3. The van der Waals surface area contributed by atoms with Crippen LogP contribution in [0.3, 0.4) is 0 Å². The van der Waals surface area contributed by atoms with Gasteiger partial charge in [0.1, 0.15) is 0 Å². The zero-order valence-electron chi connectivity index (χ0n) is 8.70. The van der Waals surface area contributed by atoms with Crippen molar-refractivity contribution < 1.29 is 5.11 Å². The number of aliphatic hydroxyl groups excluding tert-OH is 1. The number of hydrogen-bond acceptors (Lipinski definition) is 4. The Bertz CT molecular complexity index is 288. The summed E-state index contributed by atoms with van der Waals surface area (Å²) in [5.74, 6) is 0.314. The maximum Gasteiger partial charge on any atom is 0.165 e. The lowest BCUT2D eigenvalue weighted by Crippen LogP contribution is -2.18. The summed E-state index contributed by atoms with van der Waals surface area (Å²) >= 11 is 0. The van der Waals surface area contributed by atoms with Crippen LogP contribution in [0.5, 0.6) is 0 Å². The summed E-state index contributed by atoms with van der Waals surface area (Å²) in [6, 6.07) is 0. The first-order valence-corrected chi connectivity index (χ1v) is 4.85. The first-order chi connectivity index (χ1) is 6.69. The number of aliphatic imine (C=N–C) groups is 1. The highest BCUT2D eigenvalue weighted by atomic mass is 16.3. The van der Waals surface area contributed by atoms with E-state index in [9.17, 15) is 5.11 Å². The van der Waals surface area contributed by atoms with E-state index in [2.05, 4.69) is 23.7 Å². The fourth-order valence-electron chi connectivity index (χ4n) is 1.31. The van der Waals surface area contributed by atoms with Crippen molar-refractivity contribution in [3.8, 4) is 0 Å². The number of aliphatic hydroxyl groups is 1. The van der Waals surface area contributed by atoms with Gasteiger partial charge < -0.3 is 15.7 Å². The van der Waals surface area contributed by atoms with Gasteiger partial charge in [-0.1, -0.05) is 0 Å². The second kappa shape index (κ2) is 4.69. The molecule has 1 aliphatic heterocycles. The van der Waals surface area contributed by atoms with Gasteiger partial charge in [-0.05, 0) is 13.8 Å². The molecule has 78 valence electrons. The molecule has 0 atom stereocenters. The van der Waals surface area contributed by atoms with Crippen LogP contribution in [0.1, 0.15) is 20.3 Å². The van der Waals surface area contributed by atoms with E-state index in [1.807, 2.05) is 6.20 Å². The van der Waals surface area contributed by atoms with Gasteiger partial charge in [0.2, 0.25) is 0 Å². The molecule has 4 heteroatoms. The van der Waals surface area contributed by atoms with E-state index >= 15 is 0 Å². The van der Waals surface area contributed by atoms with Gasteiger partial charge in [0.15, 0.2) is 11.6 Å². The van der Waals surface area contributed by atoms with Gasteiger partial charge >= 0.3 is 0 Å². The maximum atomic E-state index is 9.62. The zero-order valence-corrected chi connectivity index (χ0v) is 8.70. The van der Waals surface area contributed by atoms with Crippen molar-refractivity contribution in [3.63, 3.8) is 0 Å². The molecule has 0 fully saturated rings. The number of nitrogens with two attached hydrogens (primary N) is 1. The summed E-state index contributed by atoms with van der Waals surface area (Å²) in [4.78, 5) is 5.95. The van der Waals surface area contributed by atoms with Crippen molar-refractivity contribution in [2.24, 2.45) is 10.7 Å². The molecule has 0 radical (unpaired) electrons. The summed E-state index contributed by atoms with van der Waals surface area (Å²) in [7, 11) is 0. The van der Waals surface area contributed by atoms with Gasteiger partial charge in [0.05, 0.1) is 0 Å². The molecule has 0 aromatic heterocycles. The molecule has 0 saturated heterocycles. The SMILES string of the molecule is CCN(C=C1CC=NC(N)=C1O)CC. The topological polar surface area (TPSA) is 61.8 Å². The maximum absolute atomic E-state index is 9.62. The Balaban J connectivity index is 2.84. The fraction of sp³-hybridized carbons (Fsp3) is 0.500. The summed E-state index contributed by atoms with van der Waals surface area (Å²) in [5.41, 5.74) is 6.33. The molecule has 3 N–H and O–H groups in total. The van der Waals surface area contributed by atoms with E-state index in [4.69, 9.17) is 5.73 Å². The van der Waals surface area contributed by atoms with Crippen molar-refractivity contribution in [1.82, 2.24) is 4.90 Å². The van der Waals surface area contributed by atoms with Gasteiger partial charge in [-0.15, -0.1) is 0 Å². The third kappa shape index (κ3) is 2.28. The normalized spacial score (nSPS) is 19.1. The van der Waals surface area contributed by atoms with Crippen LogP contribution in [-0.4, -0.2) is 29.3 Å². The van der Waals surface area contributed by atoms with Crippen LogP contribution < -0.4 is 5.73 Å². The van der Waals surface area contributed by atoms with E-state index in [1.165, 1.54) is 0 Å². The molecule has 0 spiro atoms. The zero-order chi connectivity index (χ0) is 10.6. The van der Waals surface area contributed by atoms with E-state index in [0.29, 0.717) is 6.42 Å². The molecule has 0 bridgehead atoms. The minimum Gasteiger partial charge on any atom is -0.504 e. The Morgan fingerprint density at radius 3 is 2.79 bits per heavy atom. The molecule has 0 aliphatic carbocycles. The molecular formula is C10H17N3O. The lowest BCUT2D eigenvalue weighted by atomic mass is 10.1. The van der Waals surface area contributed by atoms with Crippen molar-refractivity contribution in [2.45, 2.75) is 20.3 Å². The Morgan fingerprint density at radius 2 is 2.21 bits per heavy atom. The van der Waals surface area contributed by atoms with E-state index in [1.54, 1.807) is 6.21 Å². The molecule has 4 nitrogen and oxygen atoms in total. The molecule has 1 rings (SSSR count). The van der Waals surface area contributed by atoms with Crippen LogP contribution in [-0.2, 0) is 0 Å². The first kappa shape index (κ1) is 10.6.